The number of fused-ring (bicyclic) bond motifs is 1. The molecule has 3 rings (SSSR count). The first-order valence-electron chi connectivity index (χ1n) is 6.27. The molecule has 0 unspecified atom stereocenters. The maximum absolute atomic E-state index is 8.80. The number of pyridine rings is 1. The molecule has 0 fully saturated rings. The van der Waals surface area contributed by atoms with Crippen molar-refractivity contribution in [2.24, 2.45) is 0 Å². The molecule has 0 bridgehead atoms. The quantitative estimate of drug-likeness (QED) is 0.794. The highest BCUT2D eigenvalue weighted by Gasteiger charge is 2.14. The lowest BCUT2D eigenvalue weighted by atomic mass is 10.2. The van der Waals surface area contributed by atoms with E-state index >= 15 is 0 Å². The maximum Gasteiger partial charge on any atom is 0.227 e. The van der Waals surface area contributed by atoms with Gasteiger partial charge in [-0.1, -0.05) is 23.4 Å². The number of aliphatic hydroxyl groups excluding tert-OH is 1. The summed E-state index contributed by atoms with van der Waals surface area (Å²) in [4.78, 5) is 8.86. The molecule has 20 heavy (non-hydrogen) atoms. The molecule has 0 aliphatic carbocycles. The van der Waals surface area contributed by atoms with Crippen molar-refractivity contribution in [1.82, 2.24) is 15.1 Å². The normalized spacial score (nSPS) is 11.1. The molecule has 0 saturated carbocycles. The van der Waals surface area contributed by atoms with Crippen LogP contribution in [0.25, 0.3) is 22.4 Å². The Hall–Kier alpha value is -1.79. The molecule has 0 aliphatic rings. The second-order valence-electron chi connectivity index (χ2n) is 4.35. The predicted molar refractivity (Wildman–Crippen MR) is 78.1 cm³/mol. The van der Waals surface area contributed by atoms with Gasteiger partial charge in [0.05, 0.1) is 5.52 Å². The summed E-state index contributed by atoms with van der Waals surface area (Å²) in [7, 11) is 0. The standard InChI is InChI=1S/C14H12BrN3O2/c15-10-8-9-4-1-2-5-11(9)16-13(10)14-17-12(20-18-14)6-3-7-19/h1-2,4-5,8,19H,3,6-7H2. The minimum atomic E-state index is 0.107. The third-order valence-electron chi connectivity index (χ3n) is 2.91. The van der Waals surface area contributed by atoms with E-state index in [-0.39, 0.29) is 6.61 Å². The number of nitrogens with zero attached hydrogens (tertiary/aromatic N) is 3. The first-order chi connectivity index (χ1) is 9.78. The Morgan fingerprint density at radius 2 is 2.05 bits per heavy atom. The Balaban J connectivity index is 2.00. The van der Waals surface area contributed by atoms with Crippen molar-refractivity contribution in [1.29, 1.82) is 0 Å². The number of rotatable bonds is 4. The number of halogens is 1. The van der Waals surface area contributed by atoms with Crippen molar-refractivity contribution in [2.45, 2.75) is 12.8 Å². The highest BCUT2D eigenvalue weighted by molar-refractivity contribution is 9.10. The van der Waals surface area contributed by atoms with Gasteiger partial charge in [-0.2, -0.15) is 4.98 Å². The molecule has 0 atom stereocenters. The molecule has 0 aliphatic heterocycles. The zero-order chi connectivity index (χ0) is 13.9. The summed E-state index contributed by atoms with van der Waals surface area (Å²) < 4.78 is 5.98. The number of hydrogen-bond donors (Lipinski definition) is 1. The van der Waals surface area contributed by atoms with Gasteiger partial charge < -0.3 is 9.63 Å². The Morgan fingerprint density at radius 1 is 1.20 bits per heavy atom. The summed E-state index contributed by atoms with van der Waals surface area (Å²) in [5, 5.41) is 13.8. The van der Waals surface area contributed by atoms with E-state index in [1.54, 1.807) is 0 Å². The zero-order valence-corrected chi connectivity index (χ0v) is 12.2. The van der Waals surface area contributed by atoms with Gasteiger partial charge in [-0.05, 0) is 34.5 Å². The fraction of sp³-hybridized carbons (Fsp3) is 0.214. The minimum absolute atomic E-state index is 0.107. The molecule has 0 amide bonds. The van der Waals surface area contributed by atoms with E-state index in [1.165, 1.54) is 0 Å². The van der Waals surface area contributed by atoms with Crippen LogP contribution in [0.4, 0.5) is 0 Å². The van der Waals surface area contributed by atoms with Crippen LogP contribution in [0.3, 0.4) is 0 Å². The summed E-state index contributed by atoms with van der Waals surface area (Å²) in [5.41, 5.74) is 1.54. The minimum Gasteiger partial charge on any atom is -0.396 e. The lowest BCUT2D eigenvalue weighted by molar-refractivity contribution is 0.278. The third-order valence-corrected chi connectivity index (χ3v) is 3.51. The number of hydrogen-bond acceptors (Lipinski definition) is 5. The third kappa shape index (κ3) is 2.57. The molecule has 2 heterocycles. The summed E-state index contributed by atoms with van der Waals surface area (Å²) in [5.74, 6) is 0.964. The monoisotopic (exact) mass is 333 g/mol. The molecule has 6 heteroatoms. The second-order valence-corrected chi connectivity index (χ2v) is 5.20. The Bertz CT molecular complexity index is 742. The highest BCUT2D eigenvalue weighted by Crippen LogP contribution is 2.27. The van der Waals surface area contributed by atoms with Gasteiger partial charge in [0, 0.05) is 22.9 Å². The molecule has 3 aromatic rings. The Morgan fingerprint density at radius 3 is 2.90 bits per heavy atom. The first kappa shape index (κ1) is 13.2. The average molecular weight is 334 g/mol. The van der Waals surface area contributed by atoms with Gasteiger partial charge in [0.1, 0.15) is 5.69 Å². The van der Waals surface area contributed by atoms with E-state index < -0.39 is 0 Å². The molecule has 0 saturated heterocycles. The van der Waals surface area contributed by atoms with Crippen LogP contribution in [0.15, 0.2) is 39.3 Å². The van der Waals surface area contributed by atoms with Gasteiger partial charge in [-0.25, -0.2) is 4.98 Å². The summed E-state index contributed by atoms with van der Waals surface area (Å²) in [6.07, 6.45) is 1.17. The number of aromatic nitrogens is 3. The Labute approximate surface area is 123 Å². The van der Waals surface area contributed by atoms with Crippen LogP contribution in [0.2, 0.25) is 0 Å². The fourth-order valence-corrected chi connectivity index (χ4v) is 2.44. The van der Waals surface area contributed by atoms with E-state index in [1.807, 2.05) is 30.3 Å². The molecule has 0 spiro atoms. The van der Waals surface area contributed by atoms with E-state index in [0.717, 1.165) is 15.4 Å². The van der Waals surface area contributed by atoms with E-state index in [9.17, 15) is 0 Å². The summed E-state index contributed by atoms with van der Waals surface area (Å²) >= 11 is 3.49. The van der Waals surface area contributed by atoms with Crippen molar-refractivity contribution in [3.8, 4) is 11.5 Å². The van der Waals surface area contributed by atoms with Gasteiger partial charge >= 0.3 is 0 Å². The van der Waals surface area contributed by atoms with Crippen molar-refractivity contribution in [2.75, 3.05) is 6.61 Å². The zero-order valence-electron chi connectivity index (χ0n) is 10.6. The van der Waals surface area contributed by atoms with Crippen LogP contribution in [0, 0.1) is 0 Å². The van der Waals surface area contributed by atoms with Crippen molar-refractivity contribution in [3.05, 3.63) is 40.7 Å². The summed E-state index contributed by atoms with van der Waals surface area (Å²) in [6, 6.07) is 9.84. The maximum atomic E-state index is 8.80. The topological polar surface area (TPSA) is 72.0 Å². The largest absolute Gasteiger partial charge is 0.396 e. The van der Waals surface area contributed by atoms with Crippen LogP contribution < -0.4 is 0 Å². The molecule has 102 valence electrons. The SMILES string of the molecule is OCCCc1nc(-c2nc3ccccc3cc2Br)no1. The molecule has 0 radical (unpaired) electrons. The number of aliphatic hydroxyl groups is 1. The predicted octanol–water partition coefficient (Wildman–Crippen LogP) is 2.97. The fourth-order valence-electron chi connectivity index (χ4n) is 1.93. The van der Waals surface area contributed by atoms with E-state index in [0.29, 0.717) is 30.3 Å². The van der Waals surface area contributed by atoms with Crippen molar-refractivity contribution in [3.63, 3.8) is 0 Å². The Kier molecular flexibility index (Phi) is 3.75. The highest BCUT2D eigenvalue weighted by atomic mass is 79.9. The molecule has 5 nitrogen and oxygen atoms in total. The van der Waals surface area contributed by atoms with E-state index in [4.69, 9.17) is 9.63 Å². The number of benzene rings is 1. The molecule has 1 N–H and O–H groups in total. The van der Waals surface area contributed by atoms with Gasteiger partial charge in [0.25, 0.3) is 0 Å². The average Bonchev–Trinajstić information content (AvgIpc) is 2.93. The van der Waals surface area contributed by atoms with Gasteiger partial charge in [-0.3, -0.25) is 0 Å². The van der Waals surface area contributed by atoms with Crippen LogP contribution in [-0.4, -0.2) is 26.8 Å². The molecular weight excluding hydrogens is 322 g/mol. The van der Waals surface area contributed by atoms with Gasteiger partial charge in [0.2, 0.25) is 11.7 Å². The second kappa shape index (κ2) is 5.68. The van der Waals surface area contributed by atoms with Crippen LogP contribution >= 0.6 is 15.9 Å². The lowest BCUT2D eigenvalue weighted by Crippen LogP contribution is -1.91. The first-order valence-corrected chi connectivity index (χ1v) is 7.06. The summed E-state index contributed by atoms with van der Waals surface area (Å²) in [6.45, 7) is 0.107. The molecule has 2 aromatic heterocycles. The number of aryl methyl sites for hydroxylation is 1. The van der Waals surface area contributed by atoms with Gasteiger partial charge in [-0.15, -0.1) is 0 Å². The smallest absolute Gasteiger partial charge is 0.227 e. The van der Waals surface area contributed by atoms with Crippen molar-refractivity contribution < 1.29 is 9.63 Å². The lowest BCUT2D eigenvalue weighted by Gasteiger charge is -2.02. The van der Waals surface area contributed by atoms with Crippen LogP contribution in [0.5, 0.6) is 0 Å². The number of para-hydroxylation sites is 1. The van der Waals surface area contributed by atoms with E-state index in [2.05, 4.69) is 31.1 Å². The molecule has 1 aromatic carbocycles. The van der Waals surface area contributed by atoms with Crippen molar-refractivity contribution >= 4 is 26.8 Å². The van der Waals surface area contributed by atoms with Crippen LogP contribution in [0.1, 0.15) is 12.3 Å². The van der Waals surface area contributed by atoms with Crippen LogP contribution in [-0.2, 0) is 6.42 Å². The molecular formula is C14H12BrN3O2. The van der Waals surface area contributed by atoms with Gasteiger partial charge in [0.15, 0.2) is 0 Å².